The number of carbonyl (C=O) groups excluding carboxylic acids is 1. The van der Waals surface area contributed by atoms with Crippen molar-refractivity contribution >= 4 is 27.6 Å². The summed E-state index contributed by atoms with van der Waals surface area (Å²) in [6.45, 7) is 3.39. The summed E-state index contributed by atoms with van der Waals surface area (Å²) in [6, 6.07) is 12.4. The number of nitrogens with one attached hydrogen (secondary N) is 1. The number of fused-ring (bicyclic) bond motifs is 1. The highest BCUT2D eigenvalue weighted by molar-refractivity contribution is 7.88. The maximum Gasteiger partial charge on any atom is 0.308 e. The predicted octanol–water partition coefficient (Wildman–Crippen LogP) is 2.12. The Morgan fingerprint density at radius 2 is 1.95 bits per heavy atom. The largest absolute Gasteiger partial charge is 0.481 e. The van der Waals surface area contributed by atoms with Gasteiger partial charge in [-0.1, -0.05) is 31.5 Å². The Bertz CT molecular complexity index is 1320. The molecular formula is C28H38N4O7S. The summed E-state index contributed by atoms with van der Waals surface area (Å²) in [7, 11) is -3.46. The molecule has 1 fully saturated rings. The first-order valence-corrected chi connectivity index (χ1v) is 15.4. The van der Waals surface area contributed by atoms with E-state index in [-0.39, 0.29) is 32.2 Å². The van der Waals surface area contributed by atoms with E-state index in [1.54, 1.807) is 17.0 Å². The molecule has 2 aromatic rings. The van der Waals surface area contributed by atoms with Crippen molar-refractivity contribution in [2.45, 2.75) is 44.7 Å². The number of anilines is 1. The molecule has 0 radical (unpaired) electrons. The molecule has 12 heteroatoms. The van der Waals surface area contributed by atoms with Crippen LogP contribution in [0.2, 0.25) is 0 Å². The van der Waals surface area contributed by atoms with Crippen LogP contribution in [-0.4, -0.2) is 75.6 Å². The fraction of sp³-hybridized carbons (Fsp3) is 0.500. The summed E-state index contributed by atoms with van der Waals surface area (Å²) < 4.78 is 36.9. The lowest BCUT2D eigenvalue weighted by Crippen LogP contribution is -2.45. The zero-order chi connectivity index (χ0) is 28.9. The maximum absolute atomic E-state index is 13.8. The van der Waals surface area contributed by atoms with E-state index < -0.39 is 33.9 Å². The van der Waals surface area contributed by atoms with Crippen LogP contribution in [-0.2, 0) is 26.2 Å². The number of amides is 1. The molecule has 2 heterocycles. The van der Waals surface area contributed by atoms with Gasteiger partial charge in [0, 0.05) is 43.8 Å². The Labute approximate surface area is 235 Å². The van der Waals surface area contributed by atoms with Gasteiger partial charge in [0.2, 0.25) is 22.7 Å². The third-order valence-corrected chi connectivity index (χ3v) is 8.22. The molecule has 0 bridgehead atoms. The van der Waals surface area contributed by atoms with Gasteiger partial charge in [0.1, 0.15) is 0 Å². The molecule has 4 rings (SSSR count). The maximum atomic E-state index is 13.8. The first kappa shape index (κ1) is 29.8. The molecule has 11 nitrogen and oxygen atoms in total. The standard InChI is InChI=1S/C28H38N4O7S/c1-3-4-12-32(21-7-5-6-19(13-21)15-29)26(33)17-31-16-22(20-8-9-24-25(14-20)39-18-38-24)27(28(34)35)23(31)10-11-30-40(2,36)37/h5-9,13-14,22-23,27,30H,3-4,10-12,15-18,29H2,1-2H3,(H,34,35)/t22-,23+,27?/m1/s1. The smallest absolute Gasteiger partial charge is 0.308 e. The molecule has 0 saturated carbocycles. The van der Waals surface area contributed by atoms with Crippen LogP contribution in [0.15, 0.2) is 42.5 Å². The lowest BCUT2D eigenvalue weighted by Gasteiger charge is -2.30. The molecule has 0 aromatic heterocycles. The van der Waals surface area contributed by atoms with Gasteiger partial charge in [-0.15, -0.1) is 0 Å². The van der Waals surface area contributed by atoms with Crippen LogP contribution < -0.4 is 24.8 Å². The van der Waals surface area contributed by atoms with Gasteiger partial charge < -0.3 is 25.2 Å². The lowest BCUT2D eigenvalue weighted by atomic mass is 9.84. The Morgan fingerprint density at radius 1 is 1.18 bits per heavy atom. The van der Waals surface area contributed by atoms with Gasteiger partial charge in [0.15, 0.2) is 11.5 Å². The highest BCUT2D eigenvalue weighted by atomic mass is 32.2. The quantitative estimate of drug-likeness (QED) is 0.327. The lowest BCUT2D eigenvalue weighted by molar-refractivity contribution is -0.143. The van der Waals surface area contributed by atoms with Crippen LogP contribution in [0.25, 0.3) is 0 Å². The minimum atomic E-state index is -3.46. The SMILES string of the molecule is CCCCN(C(=O)CN1C[C@H](c2ccc3c(c2)OCO3)C(C(=O)O)[C@@H]1CCNS(C)(=O)=O)c1cccc(CN)c1. The van der Waals surface area contributed by atoms with Crippen molar-refractivity contribution in [3.8, 4) is 11.5 Å². The van der Waals surface area contributed by atoms with Crippen molar-refractivity contribution in [2.75, 3.05) is 44.1 Å². The normalized spacial score (nSPS) is 20.5. The minimum absolute atomic E-state index is 0.00899. The second kappa shape index (κ2) is 13.0. The van der Waals surface area contributed by atoms with Gasteiger partial charge in [-0.25, -0.2) is 13.1 Å². The Hall–Kier alpha value is -3.19. The third kappa shape index (κ3) is 7.11. The molecule has 4 N–H and O–H groups in total. The number of likely N-dealkylation sites (tertiary alicyclic amines) is 1. The number of nitrogens with two attached hydrogens (primary N) is 1. The summed E-state index contributed by atoms with van der Waals surface area (Å²) in [5, 5.41) is 10.4. The van der Waals surface area contributed by atoms with Crippen LogP contribution in [0.4, 0.5) is 5.69 Å². The molecule has 1 saturated heterocycles. The number of hydrogen-bond acceptors (Lipinski definition) is 8. The monoisotopic (exact) mass is 574 g/mol. The van der Waals surface area contributed by atoms with E-state index in [0.29, 0.717) is 31.1 Å². The highest BCUT2D eigenvalue weighted by Gasteiger charge is 2.47. The van der Waals surface area contributed by atoms with Crippen molar-refractivity contribution in [3.05, 3.63) is 53.6 Å². The Morgan fingerprint density at radius 3 is 2.65 bits per heavy atom. The number of carboxylic acids is 1. The second-order valence-electron chi connectivity index (χ2n) is 10.3. The molecule has 218 valence electrons. The number of ether oxygens (including phenoxy) is 2. The van der Waals surface area contributed by atoms with Gasteiger partial charge in [-0.2, -0.15) is 0 Å². The molecule has 2 aliphatic rings. The highest BCUT2D eigenvalue weighted by Crippen LogP contribution is 2.42. The van der Waals surface area contributed by atoms with E-state index >= 15 is 0 Å². The molecular weight excluding hydrogens is 536 g/mol. The van der Waals surface area contributed by atoms with Crippen molar-refractivity contribution < 1.29 is 32.6 Å². The summed E-state index contributed by atoms with van der Waals surface area (Å²) in [4.78, 5) is 30.1. The zero-order valence-corrected chi connectivity index (χ0v) is 23.7. The summed E-state index contributed by atoms with van der Waals surface area (Å²) in [6.07, 6.45) is 3.00. The van der Waals surface area contributed by atoms with E-state index in [1.165, 1.54) is 0 Å². The molecule has 2 aliphatic heterocycles. The Balaban J connectivity index is 1.63. The van der Waals surface area contributed by atoms with Crippen molar-refractivity contribution in [2.24, 2.45) is 11.7 Å². The first-order valence-electron chi connectivity index (χ1n) is 13.5. The van der Waals surface area contributed by atoms with Crippen LogP contribution in [0.3, 0.4) is 0 Å². The summed E-state index contributed by atoms with van der Waals surface area (Å²) in [5.41, 5.74) is 8.26. The van der Waals surface area contributed by atoms with Gasteiger partial charge >= 0.3 is 5.97 Å². The molecule has 0 spiro atoms. The summed E-state index contributed by atoms with van der Waals surface area (Å²) >= 11 is 0. The number of carbonyl (C=O) groups is 2. The average molecular weight is 575 g/mol. The third-order valence-electron chi connectivity index (χ3n) is 7.50. The van der Waals surface area contributed by atoms with E-state index in [0.717, 1.165) is 35.9 Å². The molecule has 3 atom stereocenters. The molecule has 2 aromatic carbocycles. The van der Waals surface area contributed by atoms with Crippen molar-refractivity contribution in [3.63, 3.8) is 0 Å². The predicted molar refractivity (Wildman–Crippen MR) is 151 cm³/mol. The molecule has 0 aliphatic carbocycles. The first-order chi connectivity index (χ1) is 19.1. The second-order valence-corrected chi connectivity index (χ2v) is 12.1. The van der Waals surface area contributed by atoms with E-state index in [2.05, 4.69) is 11.6 Å². The molecule has 1 amide bonds. The molecule has 40 heavy (non-hydrogen) atoms. The number of sulfonamides is 1. The van der Waals surface area contributed by atoms with Gasteiger partial charge in [0.25, 0.3) is 0 Å². The van der Waals surface area contributed by atoms with Gasteiger partial charge in [-0.05, 0) is 48.2 Å². The molecule has 1 unspecified atom stereocenters. The van der Waals surface area contributed by atoms with Gasteiger partial charge in [-0.3, -0.25) is 14.5 Å². The van der Waals surface area contributed by atoms with Crippen molar-refractivity contribution in [1.82, 2.24) is 9.62 Å². The number of unbranched alkanes of at least 4 members (excludes halogenated alkanes) is 1. The van der Waals surface area contributed by atoms with Crippen LogP contribution in [0.5, 0.6) is 11.5 Å². The van der Waals surface area contributed by atoms with Gasteiger partial charge in [0.05, 0.1) is 18.7 Å². The Kier molecular flexibility index (Phi) is 9.67. The van der Waals surface area contributed by atoms with Crippen LogP contribution >= 0.6 is 0 Å². The van der Waals surface area contributed by atoms with Crippen LogP contribution in [0, 0.1) is 5.92 Å². The average Bonchev–Trinajstić information content (AvgIpc) is 3.52. The van der Waals surface area contributed by atoms with E-state index in [9.17, 15) is 23.1 Å². The topological polar surface area (TPSA) is 152 Å². The van der Waals surface area contributed by atoms with Crippen LogP contribution in [0.1, 0.15) is 43.2 Å². The van der Waals surface area contributed by atoms with E-state index in [4.69, 9.17) is 15.2 Å². The van der Waals surface area contributed by atoms with Crippen molar-refractivity contribution in [1.29, 1.82) is 0 Å². The minimum Gasteiger partial charge on any atom is -0.481 e. The fourth-order valence-corrected chi connectivity index (χ4v) is 6.04. The van der Waals surface area contributed by atoms with E-state index in [1.807, 2.05) is 35.2 Å². The fourth-order valence-electron chi connectivity index (χ4n) is 5.55. The number of nitrogens with zero attached hydrogens (tertiary/aromatic N) is 2. The number of aliphatic carboxylic acids is 1. The number of benzene rings is 2. The zero-order valence-electron chi connectivity index (χ0n) is 22.9. The number of hydrogen-bond donors (Lipinski definition) is 3. The number of rotatable bonds is 13. The summed E-state index contributed by atoms with van der Waals surface area (Å²) in [5.74, 6) is -1.30. The number of carboxylic acid groups (broad SMARTS) is 1.